The summed E-state index contributed by atoms with van der Waals surface area (Å²) in [5.74, 6) is 0.630. The maximum Gasteiger partial charge on any atom is 0.222 e. The topological polar surface area (TPSA) is 63.8 Å². The van der Waals surface area contributed by atoms with E-state index in [0.717, 1.165) is 15.7 Å². The summed E-state index contributed by atoms with van der Waals surface area (Å²) < 4.78 is 8.26. The molecule has 3 aromatic rings. The van der Waals surface area contributed by atoms with Crippen LogP contribution in [-0.4, -0.2) is 16.3 Å². The lowest BCUT2D eigenvalue weighted by atomic mass is 9.87. The van der Waals surface area contributed by atoms with Gasteiger partial charge in [0, 0.05) is 9.86 Å². The lowest BCUT2D eigenvalue weighted by Gasteiger charge is -2.19. The molecule has 1 N–H and O–H groups in total. The second-order valence-electron chi connectivity index (χ2n) is 7.20. The standard InChI is InChI=1S/C20H21BrN2O3/c1-20(2,3)13-4-7-15(8-5-13)26-11-10-23-17-9-6-14(21)12-16(17)18(22-25)19(23)24/h4-9,12,24H,10-11H2,1-3H3. The predicted molar refractivity (Wildman–Crippen MR) is 107 cm³/mol. The zero-order valence-electron chi connectivity index (χ0n) is 15.0. The first-order chi connectivity index (χ1) is 12.3. The Balaban J connectivity index is 1.76. The Morgan fingerprint density at radius 2 is 1.85 bits per heavy atom. The van der Waals surface area contributed by atoms with E-state index in [1.165, 1.54) is 5.56 Å². The molecule has 0 aliphatic heterocycles. The molecule has 3 rings (SSSR count). The number of hydrogen-bond acceptors (Lipinski definition) is 4. The molecule has 0 amide bonds. The Labute approximate surface area is 160 Å². The Kier molecular flexibility index (Phi) is 5.05. The van der Waals surface area contributed by atoms with E-state index >= 15 is 0 Å². The minimum absolute atomic E-state index is 0.0517. The van der Waals surface area contributed by atoms with E-state index in [0.29, 0.717) is 18.5 Å². The number of nitroso groups, excluding NO2 is 1. The largest absolute Gasteiger partial charge is 0.493 e. The summed E-state index contributed by atoms with van der Waals surface area (Å²) >= 11 is 3.37. The first kappa shape index (κ1) is 18.5. The molecule has 6 heteroatoms. The fraction of sp³-hybridized carbons (Fsp3) is 0.300. The molecule has 0 atom stereocenters. The third kappa shape index (κ3) is 3.60. The number of nitrogens with zero attached hydrogens (tertiary/aromatic N) is 2. The molecular weight excluding hydrogens is 396 g/mol. The Morgan fingerprint density at radius 1 is 1.15 bits per heavy atom. The molecule has 0 saturated carbocycles. The molecule has 136 valence electrons. The van der Waals surface area contributed by atoms with Gasteiger partial charge in [0.2, 0.25) is 5.88 Å². The minimum Gasteiger partial charge on any atom is -0.493 e. The molecule has 1 heterocycles. The van der Waals surface area contributed by atoms with Crippen LogP contribution < -0.4 is 4.74 Å². The van der Waals surface area contributed by atoms with E-state index in [1.54, 1.807) is 10.6 Å². The lowest BCUT2D eigenvalue weighted by Crippen LogP contribution is -2.11. The van der Waals surface area contributed by atoms with Gasteiger partial charge < -0.3 is 14.4 Å². The first-order valence-electron chi connectivity index (χ1n) is 8.38. The molecule has 0 radical (unpaired) electrons. The second kappa shape index (κ2) is 7.11. The molecule has 2 aromatic carbocycles. The van der Waals surface area contributed by atoms with Crippen LogP contribution in [0.4, 0.5) is 5.69 Å². The number of halogens is 1. The third-order valence-corrected chi connectivity index (χ3v) is 4.86. The molecule has 5 nitrogen and oxygen atoms in total. The van der Waals surface area contributed by atoms with Crippen molar-refractivity contribution in [2.75, 3.05) is 6.61 Å². The fourth-order valence-electron chi connectivity index (χ4n) is 2.92. The summed E-state index contributed by atoms with van der Waals surface area (Å²) in [5.41, 5.74) is 2.13. The van der Waals surface area contributed by atoms with Gasteiger partial charge in [-0.15, -0.1) is 4.91 Å². The summed E-state index contributed by atoms with van der Waals surface area (Å²) in [7, 11) is 0. The van der Waals surface area contributed by atoms with Crippen molar-refractivity contribution in [2.45, 2.75) is 32.7 Å². The van der Waals surface area contributed by atoms with Crippen LogP contribution in [-0.2, 0) is 12.0 Å². The van der Waals surface area contributed by atoms with Crippen LogP contribution in [0.2, 0.25) is 0 Å². The van der Waals surface area contributed by atoms with Gasteiger partial charge in [-0.05, 0) is 46.5 Å². The summed E-state index contributed by atoms with van der Waals surface area (Å²) in [6.07, 6.45) is 0. The van der Waals surface area contributed by atoms with E-state index in [2.05, 4.69) is 54.0 Å². The van der Waals surface area contributed by atoms with Gasteiger partial charge in [0.25, 0.3) is 0 Å². The van der Waals surface area contributed by atoms with Crippen molar-refractivity contribution in [1.82, 2.24) is 4.57 Å². The van der Waals surface area contributed by atoms with Crippen LogP contribution in [0, 0.1) is 4.91 Å². The first-order valence-corrected chi connectivity index (χ1v) is 9.18. The minimum atomic E-state index is -0.139. The van der Waals surface area contributed by atoms with Crippen LogP contribution in [0.15, 0.2) is 52.1 Å². The molecular formula is C20H21BrN2O3. The second-order valence-corrected chi connectivity index (χ2v) is 8.12. The summed E-state index contributed by atoms with van der Waals surface area (Å²) in [4.78, 5) is 11.1. The zero-order valence-corrected chi connectivity index (χ0v) is 16.6. The molecule has 0 aliphatic carbocycles. The van der Waals surface area contributed by atoms with E-state index in [1.807, 2.05) is 24.3 Å². The maximum absolute atomic E-state index is 11.1. The smallest absolute Gasteiger partial charge is 0.222 e. The highest BCUT2D eigenvalue weighted by Crippen LogP contribution is 2.39. The van der Waals surface area contributed by atoms with Crippen molar-refractivity contribution in [1.29, 1.82) is 0 Å². The highest BCUT2D eigenvalue weighted by molar-refractivity contribution is 9.10. The van der Waals surface area contributed by atoms with Gasteiger partial charge in [0.05, 0.1) is 12.1 Å². The lowest BCUT2D eigenvalue weighted by molar-refractivity contribution is 0.290. The maximum atomic E-state index is 11.1. The molecule has 0 fully saturated rings. The number of fused-ring (bicyclic) bond motifs is 1. The van der Waals surface area contributed by atoms with Gasteiger partial charge in [-0.2, -0.15) is 0 Å². The van der Waals surface area contributed by atoms with Crippen LogP contribution in [0.3, 0.4) is 0 Å². The van der Waals surface area contributed by atoms with Crippen molar-refractivity contribution in [3.8, 4) is 11.6 Å². The molecule has 0 saturated heterocycles. The van der Waals surface area contributed by atoms with Crippen LogP contribution in [0.5, 0.6) is 11.6 Å². The van der Waals surface area contributed by atoms with Gasteiger partial charge in [-0.25, -0.2) is 0 Å². The normalized spacial score (nSPS) is 11.7. The van der Waals surface area contributed by atoms with Gasteiger partial charge in [-0.1, -0.05) is 48.8 Å². The number of hydrogen-bond donors (Lipinski definition) is 1. The quantitative estimate of drug-likeness (QED) is 0.527. The fourth-order valence-corrected chi connectivity index (χ4v) is 3.28. The van der Waals surface area contributed by atoms with E-state index in [-0.39, 0.29) is 17.0 Å². The van der Waals surface area contributed by atoms with E-state index in [4.69, 9.17) is 4.74 Å². The van der Waals surface area contributed by atoms with Gasteiger partial charge in [0.1, 0.15) is 12.4 Å². The average molecular weight is 417 g/mol. The Hall–Kier alpha value is -2.34. The van der Waals surface area contributed by atoms with Crippen molar-refractivity contribution in [2.24, 2.45) is 5.18 Å². The third-order valence-electron chi connectivity index (χ3n) is 4.37. The van der Waals surface area contributed by atoms with Crippen molar-refractivity contribution in [3.05, 3.63) is 57.4 Å². The summed E-state index contributed by atoms with van der Waals surface area (Å²) in [6.45, 7) is 7.26. The van der Waals surface area contributed by atoms with Crippen LogP contribution in [0.1, 0.15) is 26.3 Å². The molecule has 0 unspecified atom stereocenters. The molecule has 1 aromatic heterocycles. The highest BCUT2D eigenvalue weighted by Gasteiger charge is 2.18. The van der Waals surface area contributed by atoms with Gasteiger partial charge in [0.15, 0.2) is 5.69 Å². The van der Waals surface area contributed by atoms with Crippen molar-refractivity contribution < 1.29 is 9.84 Å². The summed E-state index contributed by atoms with van der Waals surface area (Å²) in [5, 5.41) is 13.9. The average Bonchev–Trinajstić information content (AvgIpc) is 2.85. The molecule has 26 heavy (non-hydrogen) atoms. The SMILES string of the molecule is CC(C)(C)c1ccc(OCCn2c(O)c(N=O)c3cc(Br)ccc32)cc1. The Morgan fingerprint density at radius 3 is 2.46 bits per heavy atom. The molecule has 0 spiro atoms. The van der Waals surface area contributed by atoms with Crippen molar-refractivity contribution in [3.63, 3.8) is 0 Å². The monoisotopic (exact) mass is 416 g/mol. The van der Waals surface area contributed by atoms with E-state index in [9.17, 15) is 10.0 Å². The zero-order chi connectivity index (χ0) is 18.9. The predicted octanol–water partition coefficient (Wildman–Crippen LogP) is 5.88. The van der Waals surface area contributed by atoms with Gasteiger partial charge >= 0.3 is 0 Å². The number of rotatable bonds is 5. The Bertz CT molecular complexity index is 940. The van der Waals surface area contributed by atoms with E-state index < -0.39 is 0 Å². The molecule has 0 bridgehead atoms. The molecule has 0 aliphatic rings. The summed E-state index contributed by atoms with van der Waals surface area (Å²) in [6, 6.07) is 13.5. The number of ether oxygens (including phenoxy) is 1. The number of aromatic hydroxyl groups is 1. The van der Waals surface area contributed by atoms with Gasteiger partial charge in [-0.3, -0.25) is 0 Å². The van der Waals surface area contributed by atoms with Crippen LogP contribution >= 0.6 is 15.9 Å². The number of aromatic nitrogens is 1. The van der Waals surface area contributed by atoms with Crippen LogP contribution in [0.25, 0.3) is 10.9 Å². The van der Waals surface area contributed by atoms with Crippen molar-refractivity contribution >= 4 is 32.5 Å². The highest BCUT2D eigenvalue weighted by atomic mass is 79.9. The number of benzene rings is 2.